The van der Waals surface area contributed by atoms with Crippen molar-refractivity contribution < 1.29 is 0 Å². The minimum atomic E-state index is 0.438. The maximum Gasteiger partial charge on any atom is 0.181 e. The molecule has 7 heteroatoms. The van der Waals surface area contributed by atoms with Gasteiger partial charge in [-0.15, -0.1) is 0 Å². The minimum Gasteiger partial charge on any atom is -0.393 e. The number of anilines is 2. The number of halogens is 1. The molecule has 0 aliphatic rings. The fourth-order valence-corrected chi connectivity index (χ4v) is 2.13. The normalized spacial score (nSPS) is 10.5. The molecule has 1 aromatic carbocycles. The fourth-order valence-electron chi connectivity index (χ4n) is 1.92. The molecule has 106 valence electrons. The van der Waals surface area contributed by atoms with E-state index < -0.39 is 0 Å². The van der Waals surface area contributed by atoms with Crippen molar-refractivity contribution in [1.29, 1.82) is 0 Å². The van der Waals surface area contributed by atoms with Crippen LogP contribution in [0.5, 0.6) is 0 Å². The molecule has 0 bridgehead atoms. The number of nitrogens with zero attached hydrogens (tertiary/aromatic N) is 4. The summed E-state index contributed by atoms with van der Waals surface area (Å²) >= 11 is 6.12. The predicted octanol–water partition coefficient (Wildman–Crippen LogP) is 2.51. The van der Waals surface area contributed by atoms with Gasteiger partial charge in [-0.05, 0) is 17.7 Å². The van der Waals surface area contributed by atoms with Gasteiger partial charge in [-0.2, -0.15) is 5.10 Å². The highest BCUT2D eigenvalue weighted by atomic mass is 35.5. The van der Waals surface area contributed by atoms with Gasteiger partial charge >= 0.3 is 0 Å². The quantitative estimate of drug-likeness (QED) is 0.773. The van der Waals surface area contributed by atoms with Crippen LogP contribution in [0.15, 0.2) is 49.1 Å². The Morgan fingerprint density at radius 2 is 2.05 bits per heavy atom. The first-order chi connectivity index (χ1) is 10.3. The average molecular weight is 301 g/mol. The Kier molecular flexibility index (Phi) is 3.70. The highest BCUT2D eigenvalue weighted by Gasteiger charge is 2.10. The highest BCUT2D eigenvalue weighted by Crippen LogP contribution is 2.22. The topological polar surface area (TPSA) is 81.6 Å². The zero-order chi connectivity index (χ0) is 14.7. The Hall–Kier alpha value is -2.60. The summed E-state index contributed by atoms with van der Waals surface area (Å²) in [6.07, 6.45) is 4.89. The van der Waals surface area contributed by atoms with E-state index in [0.717, 1.165) is 5.56 Å². The van der Waals surface area contributed by atoms with E-state index in [-0.39, 0.29) is 0 Å². The molecule has 0 fully saturated rings. The molecule has 2 aromatic heterocycles. The maximum absolute atomic E-state index is 6.12. The molecule has 3 aromatic rings. The number of nitrogen functional groups attached to an aromatic ring is 1. The van der Waals surface area contributed by atoms with Crippen molar-refractivity contribution in [3.63, 3.8) is 0 Å². The van der Waals surface area contributed by atoms with Crippen LogP contribution >= 0.6 is 11.6 Å². The second-order valence-corrected chi connectivity index (χ2v) is 4.76. The molecule has 0 aliphatic heterocycles. The Morgan fingerprint density at radius 1 is 1.19 bits per heavy atom. The Morgan fingerprint density at radius 3 is 2.81 bits per heavy atom. The molecule has 0 saturated heterocycles. The SMILES string of the molecule is Nc1c(NCc2ccccc2Cl)ncnc1-n1cccn1. The van der Waals surface area contributed by atoms with Gasteiger partial charge < -0.3 is 11.1 Å². The smallest absolute Gasteiger partial charge is 0.181 e. The molecular formula is C14H13ClN6. The van der Waals surface area contributed by atoms with Crippen LogP contribution in [0.25, 0.3) is 5.82 Å². The first-order valence-electron chi connectivity index (χ1n) is 6.33. The summed E-state index contributed by atoms with van der Waals surface area (Å²) in [4.78, 5) is 8.31. The van der Waals surface area contributed by atoms with E-state index in [1.54, 1.807) is 23.1 Å². The van der Waals surface area contributed by atoms with Crippen molar-refractivity contribution in [2.75, 3.05) is 11.1 Å². The lowest BCUT2D eigenvalue weighted by Crippen LogP contribution is -2.10. The van der Waals surface area contributed by atoms with E-state index in [1.165, 1.54) is 6.33 Å². The molecule has 0 unspecified atom stereocenters. The summed E-state index contributed by atoms with van der Waals surface area (Å²) in [5, 5.41) is 7.99. The van der Waals surface area contributed by atoms with Gasteiger partial charge in [-0.1, -0.05) is 29.8 Å². The van der Waals surface area contributed by atoms with Crippen molar-refractivity contribution in [1.82, 2.24) is 19.7 Å². The minimum absolute atomic E-state index is 0.438. The lowest BCUT2D eigenvalue weighted by molar-refractivity contribution is 0.842. The number of aromatic nitrogens is 4. The maximum atomic E-state index is 6.12. The molecule has 0 atom stereocenters. The van der Waals surface area contributed by atoms with Gasteiger partial charge in [0.05, 0.1) is 0 Å². The van der Waals surface area contributed by atoms with E-state index >= 15 is 0 Å². The van der Waals surface area contributed by atoms with E-state index in [1.807, 2.05) is 24.3 Å². The standard InChI is InChI=1S/C14H13ClN6/c15-11-5-2-1-4-10(11)8-17-13-12(16)14(19-9-18-13)21-7-3-6-20-21/h1-7,9H,8,16H2,(H,17,18,19). The Labute approximate surface area is 126 Å². The molecule has 0 radical (unpaired) electrons. The molecule has 0 spiro atoms. The molecule has 21 heavy (non-hydrogen) atoms. The highest BCUT2D eigenvalue weighted by molar-refractivity contribution is 6.31. The second-order valence-electron chi connectivity index (χ2n) is 4.36. The molecule has 0 saturated carbocycles. The summed E-state index contributed by atoms with van der Waals surface area (Å²) < 4.78 is 1.59. The number of nitrogens with two attached hydrogens (primary N) is 1. The summed E-state index contributed by atoms with van der Waals surface area (Å²) in [7, 11) is 0. The monoisotopic (exact) mass is 300 g/mol. The molecule has 0 amide bonds. The van der Waals surface area contributed by atoms with Crippen LogP contribution in [0, 0.1) is 0 Å². The average Bonchev–Trinajstić information content (AvgIpc) is 3.02. The fraction of sp³-hybridized carbons (Fsp3) is 0.0714. The largest absolute Gasteiger partial charge is 0.393 e. The van der Waals surface area contributed by atoms with Crippen LogP contribution in [-0.4, -0.2) is 19.7 Å². The molecule has 0 aliphatic carbocycles. The lowest BCUT2D eigenvalue weighted by atomic mass is 10.2. The van der Waals surface area contributed by atoms with Crippen LogP contribution in [0.3, 0.4) is 0 Å². The first kappa shape index (κ1) is 13.4. The van der Waals surface area contributed by atoms with Crippen molar-refractivity contribution >= 4 is 23.1 Å². The number of nitrogens with one attached hydrogen (secondary N) is 1. The number of hydrogen-bond donors (Lipinski definition) is 2. The van der Waals surface area contributed by atoms with E-state index in [4.69, 9.17) is 17.3 Å². The second kappa shape index (κ2) is 5.80. The van der Waals surface area contributed by atoms with Crippen molar-refractivity contribution in [2.24, 2.45) is 0 Å². The summed E-state index contributed by atoms with van der Waals surface area (Å²) in [6, 6.07) is 9.42. The van der Waals surface area contributed by atoms with Crippen molar-refractivity contribution in [3.8, 4) is 5.82 Å². The van der Waals surface area contributed by atoms with Gasteiger partial charge in [-0.25, -0.2) is 14.6 Å². The molecular weight excluding hydrogens is 288 g/mol. The molecule has 6 nitrogen and oxygen atoms in total. The summed E-state index contributed by atoms with van der Waals surface area (Å²) in [5.74, 6) is 1.09. The molecule has 2 heterocycles. The number of rotatable bonds is 4. The van der Waals surface area contributed by atoms with Crippen molar-refractivity contribution in [3.05, 3.63) is 59.6 Å². The summed E-state index contributed by atoms with van der Waals surface area (Å²) in [6.45, 7) is 0.527. The van der Waals surface area contributed by atoms with E-state index in [0.29, 0.717) is 28.9 Å². The van der Waals surface area contributed by atoms with E-state index in [2.05, 4.69) is 20.4 Å². The van der Waals surface area contributed by atoms with Gasteiger partial charge in [-0.3, -0.25) is 0 Å². The van der Waals surface area contributed by atoms with Crippen LogP contribution in [-0.2, 0) is 6.54 Å². The molecule has 3 N–H and O–H groups in total. The van der Waals surface area contributed by atoms with E-state index in [9.17, 15) is 0 Å². The third-order valence-electron chi connectivity index (χ3n) is 2.99. The predicted molar refractivity (Wildman–Crippen MR) is 82.3 cm³/mol. The third-order valence-corrected chi connectivity index (χ3v) is 3.36. The van der Waals surface area contributed by atoms with Crippen LogP contribution in [0.2, 0.25) is 5.02 Å². The number of benzene rings is 1. The van der Waals surface area contributed by atoms with Gasteiger partial charge in [0.2, 0.25) is 0 Å². The molecule has 3 rings (SSSR count). The Balaban J connectivity index is 1.84. The van der Waals surface area contributed by atoms with Gasteiger partial charge in [0, 0.05) is 24.0 Å². The number of hydrogen-bond acceptors (Lipinski definition) is 5. The third kappa shape index (κ3) is 2.80. The lowest BCUT2D eigenvalue weighted by Gasteiger charge is -2.11. The van der Waals surface area contributed by atoms with Gasteiger partial charge in [0.15, 0.2) is 11.6 Å². The van der Waals surface area contributed by atoms with Crippen LogP contribution in [0.1, 0.15) is 5.56 Å². The van der Waals surface area contributed by atoms with Gasteiger partial charge in [0.1, 0.15) is 12.0 Å². The van der Waals surface area contributed by atoms with Crippen LogP contribution < -0.4 is 11.1 Å². The summed E-state index contributed by atoms with van der Waals surface area (Å²) in [5.41, 5.74) is 7.50. The Bertz CT molecular complexity index is 741. The van der Waals surface area contributed by atoms with Crippen molar-refractivity contribution in [2.45, 2.75) is 6.54 Å². The zero-order valence-corrected chi connectivity index (χ0v) is 11.8. The van der Waals surface area contributed by atoms with Gasteiger partial charge in [0.25, 0.3) is 0 Å². The zero-order valence-electron chi connectivity index (χ0n) is 11.1. The first-order valence-corrected chi connectivity index (χ1v) is 6.71. The van der Waals surface area contributed by atoms with Crippen LogP contribution in [0.4, 0.5) is 11.5 Å².